The van der Waals surface area contributed by atoms with Crippen LogP contribution in [-0.4, -0.2) is 12.6 Å². The Morgan fingerprint density at radius 2 is 1.72 bits per heavy atom. The normalized spacial score (nSPS) is 28.3. The standard InChI is InChI=1S/C16H22FN/c17-15-7-5-13(6-8-15)14-9-16(10-14)18-11-12-3-1-2-4-12/h5-8,12,14,16,18H,1-4,9-11H2. The van der Waals surface area contributed by atoms with Crippen molar-refractivity contribution in [2.24, 2.45) is 5.92 Å². The minimum atomic E-state index is -0.131. The summed E-state index contributed by atoms with van der Waals surface area (Å²) in [7, 11) is 0. The van der Waals surface area contributed by atoms with E-state index in [1.165, 1.54) is 50.6 Å². The summed E-state index contributed by atoms with van der Waals surface area (Å²) in [5.74, 6) is 1.44. The van der Waals surface area contributed by atoms with Gasteiger partial charge >= 0.3 is 0 Å². The molecule has 2 aliphatic rings. The number of nitrogens with one attached hydrogen (secondary N) is 1. The van der Waals surface area contributed by atoms with Gasteiger partial charge in [0.15, 0.2) is 0 Å². The fourth-order valence-electron chi connectivity index (χ4n) is 3.34. The predicted molar refractivity (Wildman–Crippen MR) is 72.1 cm³/mol. The zero-order valence-corrected chi connectivity index (χ0v) is 10.9. The molecule has 3 rings (SSSR count). The molecule has 0 saturated heterocycles. The Labute approximate surface area is 109 Å². The van der Waals surface area contributed by atoms with Crippen molar-refractivity contribution in [3.05, 3.63) is 35.6 Å². The van der Waals surface area contributed by atoms with Crippen molar-refractivity contribution >= 4 is 0 Å². The summed E-state index contributed by atoms with van der Waals surface area (Å²) in [6.07, 6.45) is 8.13. The van der Waals surface area contributed by atoms with E-state index in [1.807, 2.05) is 12.1 Å². The van der Waals surface area contributed by atoms with Gasteiger partial charge in [0.05, 0.1) is 0 Å². The molecule has 0 atom stereocenters. The molecule has 2 aliphatic carbocycles. The second-order valence-electron chi connectivity index (χ2n) is 5.98. The lowest BCUT2D eigenvalue weighted by molar-refractivity contribution is 0.276. The van der Waals surface area contributed by atoms with Crippen LogP contribution in [-0.2, 0) is 0 Å². The van der Waals surface area contributed by atoms with Crippen molar-refractivity contribution in [2.45, 2.75) is 50.5 Å². The Hall–Kier alpha value is -0.890. The van der Waals surface area contributed by atoms with E-state index in [-0.39, 0.29) is 5.82 Å². The maximum atomic E-state index is 12.8. The predicted octanol–water partition coefficient (Wildman–Crippen LogP) is 3.85. The Kier molecular flexibility index (Phi) is 3.64. The van der Waals surface area contributed by atoms with Crippen molar-refractivity contribution in [2.75, 3.05) is 6.54 Å². The van der Waals surface area contributed by atoms with Gasteiger partial charge < -0.3 is 5.32 Å². The first-order valence-corrected chi connectivity index (χ1v) is 7.30. The van der Waals surface area contributed by atoms with E-state index in [9.17, 15) is 4.39 Å². The van der Waals surface area contributed by atoms with Crippen molar-refractivity contribution in [3.63, 3.8) is 0 Å². The van der Waals surface area contributed by atoms with Gasteiger partial charge in [-0.3, -0.25) is 0 Å². The monoisotopic (exact) mass is 247 g/mol. The van der Waals surface area contributed by atoms with E-state index in [4.69, 9.17) is 0 Å². The molecule has 2 saturated carbocycles. The molecule has 0 radical (unpaired) electrons. The van der Waals surface area contributed by atoms with Crippen molar-refractivity contribution < 1.29 is 4.39 Å². The molecule has 1 aromatic rings. The summed E-state index contributed by atoms with van der Waals surface area (Å²) in [6, 6.07) is 7.73. The number of hydrogen-bond acceptors (Lipinski definition) is 1. The third-order valence-corrected chi connectivity index (χ3v) is 4.65. The highest BCUT2D eigenvalue weighted by Gasteiger charge is 2.30. The highest BCUT2D eigenvalue weighted by molar-refractivity contribution is 5.23. The van der Waals surface area contributed by atoms with Crippen LogP contribution < -0.4 is 5.32 Å². The largest absolute Gasteiger partial charge is 0.314 e. The van der Waals surface area contributed by atoms with Crippen molar-refractivity contribution in [3.8, 4) is 0 Å². The number of benzene rings is 1. The van der Waals surface area contributed by atoms with Gasteiger partial charge in [-0.05, 0) is 61.8 Å². The van der Waals surface area contributed by atoms with Crippen molar-refractivity contribution in [1.82, 2.24) is 5.32 Å². The third kappa shape index (κ3) is 2.74. The molecule has 0 heterocycles. The summed E-state index contributed by atoms with van der Waals surface area (Å²) >= 11 is 0. The minimum absolute atomic E-state index is 0.131. The summed E-state index contributed by atoms with van der Waals surface area (Å²) in [4.78, 5) is 0. The van der Waals surface area contributed by atoms with Crippen LogP contribution in [0.4, 0.5) is 4.39 Å². The highest BCUT2D eigenvalue weighted by atomic mass is 19.1. The number of rotatable bonds is 4. The second-order valence-corrected chi connectivity index (χ2v) is 5.98. The van der Waals surface area contributed by atoms with E-state index in [2.05, 4.69) is 5.32 Å². The molecule has 18 heavy (non-hydrogen) atoms. The van der Waals surface area contributed by atoms with E-state index in [0.29, 0.717) is 12.0 Å². The van der Waals surface area contributed by atoms with Gasteiger partial charge in [-0.2, -0.15) is 0 Å². The van der Waals surface area contributed by atoms with Crippen LogP contribution in [0.1, 0.15) is 50.0 Å². The Balaban J connectivity index is 1.41. The third-order valence-electron chi connectivity index (χ3n) is 4.65. The topological polar surface area (TPSA) is 12.0 Å². The average molecular weight is 247 g/mol. The lowest BCUT2D eigenvalue weighted by Crippen LogP contribution is -2.41. The Morgan fingerprint density at radius 3 is 2.39 bits per heavy atom. The molecular formula is C16H22FN. The van der Waals surface area contributed by atoms with Gasteiger partial charge in [0.1, 0.15) is 5.82 Å². The van der Waals surface area contributed by atoms with Crippen LogP contribution in [0.15, 0.2) is 24.3 Å². The molecule has 0 aliphatic heterocycles. The summed E-state index contributed by atoms with van der Waals surface area (Å²) in [5.41, 5.74) is 1.30. The van der Waals surface area contributed by atoms with Gasteiger partial charge in [0, 0.05) is 6.04 Å². The minimum Gasteiger partial charge on any atom is -0.314 e. The smallest absolute Gasteiger partial charge is 0.123 e. The molecule has 1 N–H and O–H groups in total. The fraction of sp³-hybridized carbons (Fsp3) is 0.625. The van der Waals surface area contributed by atoms with Crippen molar-refractivity contribution in [1.29, 1.82) is 0 Å². The molecule has 0 bridgehead atoms. The van der Waals surface area contributed by atoms with Gasteiger partial charge in [-0.1, -0.05) is 25.0 Å². The molecule has 1 nitrogen and oxygen atoms in total. The first kappa shape index (κ1) is 12.2. The summed E-state index contributed by atoms with van der Waals surface area (Å²) in [6.45, 7) is 1.21. The van der Waals surface area contributed by atoms with Gasteiger partial charge in [0.2, 0.25) is 0 Å². The average Bonchev–Trinajstić information content (AvgIpc) is 2.82. The maximum absolute atomic E-state index is 12.8. The molecular weight excluding hydrogens is 225 g/mol. The van der Waals surface area contributed by atoms with E-state index >= 15 is 0 Å². The first-order valence-electron chi connectivity index (χ1n) is 7.30. The number of hydrogen-bond donors (Lipinski definition) is 1. The molecule has 1 aromatic carbocycles. The van der Waals surface area contributed by atoms with Gasteiger partial charge in [-0.25, -0.2) is 4.39 Å². The van der Waals surface area contributed by atoms with Crippen LogP contribution in [0.25, 0.3) is 0 Å². The van der Waals surface area contributed by atoms with Crippen LogP contribution in [0.5, 0.6) is 0 Å². The highest BCUT2D eigenvalue weighted by Crippen LogP contribution is 2.37. The molecule has 0 spiro atoms. The Morgan fingerprint density at radius 1 is 1.06 bits per heavy atom. The van der Waals surface area contributed by atoms with Crippen LogP contribution in [0, 0.1) is 11.7 Å². The summed E-state index contributed by atoms with van der Waals surface area (Å²) < 4.78 is 12.8. The van der Waals surface area contributed by atoms with E-state index in [1.54, 1.807) is 12.1 Å². The summed E-state index contributed by atoms with van der Waals surface area (Å²) in [5, 5.41) is 3.70. The lowest BCUT2D eigenvalue weighted by atomic mass is 9.76. The van der Waals surface area contributed by atoms with E-state index < -0.39 is 0 Å². The number of halogens is 1. The molecule has 2 fully saturated rings. The molecule has 2 heteroatoms. The zero-order chi connectivity index (χ0) is 12.4. The fourth-order valence-corrected chi connectivity index (χ4v) is 3.34. The lowest BCUT2D eigenvalue weighted by Gasteiger charge is -2.37. The quantitative estimate of drug-likeness (QED) is 0.852. The second kappa shape index (κ2) is 5.40. The molecule has 0 amide bonds. The molecule has 0 aromatic heterocycles. The van der Waals surface area contributed by atoms with Crippen LogP contribution in [0.2, 0.25) is 0 Å². The van der Waals surface area contributed by atoms with Gasteiger partial charge in [0.25, 0.3) is 0 Å². The first-order chi connectivity index (χ1) is 8.81. The van der Waals surface area contributed by atoms with Gasteiger partial charge in [-0.15, -0.1) is 0 Å². The molecule has 0 unspecified atom stereocenters. The van der Waals surface area contributed by atoms with Crippen LogP contribution >= 0.6 is 0 Å². The SMILES string of the molecule is Fc1ccc(C2CC(NCC3CCCC3)C2)cc1. The Bertz CT molecular complexity index is 375. The zero-order valence-electron chi connectivity index (χ0n) is 10.9. The van der Waals surface area contributed by atoms with Crippen LogP contribution in [0.3, 0.4) is 0 Å². The van der Waals surface area contributed by atoms with E-state index in [0.717, 1.165) is 5.92 Å². The maximum Gasteiger partial charge on any atom is 0.123 e. The molecule has 98 valence electrons.